The maximum atomic E-state index is 12.2. The van der Waals surface area contributed by atoms with E-state index < -0.39 is 11.7 Å². The van der Waals surface area contributed by atoms with Crippen molar-refractivity contribution < 1.29 is 13.2 Å². The van der Waals surface area contributed by atoms with Crippen molar-refractivity contribution in [2.45, 2.75) is 11.2 Å². The fourth-order valence-electron chi connectivity index (χ4n) is 0.794. The second-order valence-electron chi connectivity index (χ2n) is 2.32. The number of halogens is 3. The number of nitrogens with zero attached hydrogens (tertiary/aromatic N) is 1. The molecule has 0 aliphatic carbocycles. The summed E-state index contributed by atoms with van der Waals surface area (Å²) in [6.07, 6.45) is -2.72. The summed E-state index contributed by atoms with van der Waals surface area (Å²) in [5.74, 6) is -0.112. The topological polar surface area (TPSA) is 38.9 Å². The number of alkyl halides is 3. The number of nitrogens with two attached hydrogens (primary N) is 1. The van der Waals surface area contributed by atoms with E-state index in [9.17, 15) is 13.2 Å². The number of hydrogen-bond acceptors (Lipinski definition) is 3. The molecule has 0 fully saturated rings. The first kappa shape index (κ1) is 10.2. The molecule has 72 valence electrons. The highest BCUT2D eigenvalue weighted by Gasteiger charge is 2.31. The highest BCUT2D eigenvalue weighted by atomic mass is 32.2. The third-order valence-electron chi connectivity index (χ3n) is 1.36. The Morgan fingerprint density at radius 3 is 2.46 bits per heavy atom. The molecule has 0 amide bonds. The molecule has 0 aromatic carbocycles. The van der Waals surface area contributed by atoms with Crippen LogP contribution in [0.2, 0.25) is 0 Å². The van der Waals surface area contributed by atoms with Crippen molar-refractivity contribution in [3.63, 3.8) is 0 Å². The zero-order chi connectivity index (χ0) is 10.1. The molecule has 0 aliphatic heterocycles. The summed E-state index contributed by atoms with van der Waals surface area (Å²) in [6.45, 7) is 0. The Labute approximate surface area is 77.3 Å². The molecule has 6 heteroatoms. The minimum absolute atomic E-state index is 0.112. The largest absolute Gasteiger partial charge is 0.416 e. The Bertz CT molecular complexity index is 311. The summed E-state index contributed by atoms with van der Waals surface area (Å²) < 4.78 is 36.6. The molecule has 0 unspecified atom stereocenters. The van der Waals surface area contributed by atoms with Crippen LogP contribution in [0, 0.1) is 0 Å². The normalized spacial score (nSPS) is 11.7. The standard InChI is InChI=1S/C7H7F3N2S/c1-13-6-3-4(7(8,9)10)2-5(11)12-6/h2-3H,1H3,(H2,11,12). The number of nitrogen functional groups attached to an aromatic ring is 1. The third-order valence-corrected chi connectivity index (χ3v) is 1.99. The molecular formula is C7H7F3N2S. The van der Waals surface area contributed by atoms with Gasteiger partial charge in [-0.2, -0.15) is 13.2 Å². The van der Waals surface area contributed by atoms with Crippen LogP contribution in [-0.2, 0) is 6.18 Å². The van der Waals surface area contributed by atoms with Crippen LogP contribution < -0.4 is 5.73 Å². The van der Waals surface area contributed by atoms with Gasteiger partial charge in [-0.05, 0) is 18.4 Å². The van der Waals surface area contributed by atoms with Gasteiger partial charge in [-0.3, -0.25) is 0 Å². The molecular weight excluding hydrogens is 201 g/mol. The van der Waals surface area contributed by atoms with Crippen molar-refractivity contribution in [2.75, 3.05) is 12.0 Å². The monoisotopic (exact) mass is 208 g/mol. The van der Waals surface area contributed by atoms with Crippen LogP contribution in [-0.4, -0.2) is 11.2 Å². The summed E-state index contributed by atoms with van der Waals surface area (Å²) >= 11 is 1.12. The number of aromatic nitrogens is 1. The maximum Gasteiger partial charge on any atom is 0.416 e. The van der Waals surface area contributed by atoms with Gasteiger partial charge in [0.25, 0.3) is 0 Å². The Hall–Kier alpha value is -0.910. The van der Waals surface area contributed by atoms with E-state index in [0.717, 1.165) is 23.9 Å². The maximum absolute atomic E-state index is 12.2. The predicted octanol–water partition coefficient (Wildman–Crippen LogP) is 2.40. The van der Waals surface area contributed by atoms with E-state index in [4.69, 9.17) is 5.73 Å². The van der Waals surface area contributed by atoms with Gasteiger partial charge < -0.3 is 5.73 Å². The smallest absolute Gasteiger partial charge is 0.384 e. The number of anilines is 1. The lowest BCUT2D eigenvalue weighted by molar-refractivity contribution is -0.137. The van der Waals surface area contributed by atoms with Gasteiger partial charge in [-0.15, -0.1) is 11.8 Å². The van der Waals surface area contributed by atoms with E-state index >= 15 is 0 Å². The fourth-order valence-corrected chi connectivity index (χ4v) is 1.24. The molecule has 1 heterocycles. The van der Waals surface area contributed by atoms with Crippen molar-refractivity contribution in [3.05, 3.63) is 17.7 Å². The fraction of sp³-hybridized carbons (Fsp3) is 0.286. The van der Waals surface area contributed by atoms with Crippen molar-refractivity contribution in [2.24, 2.45) is 0 Å². The second-order valence-corrected chi connectivity index (χ2v) is 3.15. The van der Waals surface area contributed by atoms with E-state index in [-0.39, 0.29) is 10.8 Å². The van der Waals surface area contributed by atoms with Gasteiger partial charge in [-0.1, -0.05) is 0 Å². The van der Waals surface area contributed by atoms with Crippen molar-refractivity contribution in [1.82, 2.24) is 4.98 Å². The van der Waals surface area contributed by atoms with Gasteiger partial charge in [0.1, 0.15) is 5.82 Å². The lowest BCUT2D eigenvalue weighted by atomic mass is 10.2. The first-order chi connectivity index (χ1) is 5.93. The Balaban J connectivity index is 3.16. The Kier molecular flexibility index (Phi) is 2.70. The zero-order valence-corrected chi connectivity index (χ0v) is 7.54. The van der Waals surface area contributed by atoms with Gasteiger partial charge in [0.2, 0.25) is 0 Å². The van der Waals surface area contributed by atoms with Crippen molar-refractivity contribution in [1.29, 1.82) is 0 Å². The lowest BCUT2D eigenvalue weighted by Gasteiger charge is -2.08. The highest BCUT2D eigenvalue weighted by Crippen LogP contribution is 2.31. The average molecular weight is 208 g/mol. The number of pyridine rings is 1. The molecule has 0 saturated carbocycles. The molecule has 0 atom stereocenters. The van der Waals surface area contributed by atoms with E-state index in [1.807, 2.05) is 0 Å². The van der Waals surface area contributed by atoms with E-state index in [1.165, 1.54) is 0 Å². The first-order valence-corrected chi connectivity index (χ1v) is 4.54. The number of rotatable bonds is 1. The average Bonchev–Trinajstić information content (AvgIpc) is 2.01. The van der Waals surface area contributed by atoms with Gasteiger partial charge in [-0.25, -0.2) is 4.98 Å². The van der Waals surface area contributed by atoms with E-state index in [1.54, 1.807) is 6.26 Å². The molecule has 0 bridgehead atoms. The van der Waals surface area contributed by atoms with Crippen LogP contribution in [0.1, 0.15) is 5.56 Å². The second kappa shape index (κ2) is 3.45. The van der Waals surface area contributed by atoms with Crippen LogP contribution in [0.3, 0.4) is 0 Å². The predicted molar refractivity (Wildman–Crippen MR) is 45.4 cm³/mol. The van der Waals surface area contributed by atoms with Crippen LogP contribution in [0.15, 0.2) is 17.2 Å². The van der Waals surface area contributed by atoms with Gasteiger partial charge in [0, 0.05) is 0 Å². The molecule has 1 rings (SSSR count). The minimum Gasteiger partial charge on any atom is -0.384 e. The molecule has 13 heavy (non-hydrogen) atoms. The molecule has 1 aromatic heterocycles. The zero-order valence-electron chi connectivity index (χ0n) is 6.72. The quantitative estimate of drug-likeness (QED) is 0.720. The van der Waals surface area contributed by atoms with E-state index in [2.05, 4.69) is 4.98 Å². The molecule has 1 aromatic rings. The molecule has 0 saturated heterocycles. The summed E-state index contributed by atoms with van der Waals surface area (Å²) in [6, 6.07) is 1.79. The number of thioether (sulfide) groups is 1. The van der Waals surface area contributed by atoms with Gasteiger partial charge in [0.15, 0.2) is 0 Å². The molecule has 0 aliphatic rings. The lowest BCUT2D eigenvalue weighted by Crippen LogP contribution is -2.07. The Morgan fingerprint density at radius 1 is 1.38 bits per heavy atom. The van der Waals surface area contributed by atoms with Gasteiger partial charge >= 0.3 is 6.18 Å². The first-order valence-electron chi connectivity index (χ1n) is 3.32. The summed E-state index contributed by atoms with van der Waals surface area (Å²) in [5.41, 5.74) is 4.45. The SMILES string of the molecule is CSc1cc(C(F)(F)F)cc(N)n1. The number of hydrogen-bond donors (Lipinski definition) is 1. The third kappa shape index (κ3) is 2.51. The van der Waals surface area contributed by atoms with Gasteiger partial charge in [0.05, 0.1) is 10.6 Å². The Morgan fingerprint density at radius 2 is 2.00 bits per heavy atom. The molecule has 0 radical (unpaired) electrons. The molecule has 2 N–H and O–H groups in total. The van der Waals surface area contributed by atoms with E-state index in [0.29, 0.717) is 0 Å². The van der Waals surface area contributed by atoms with Crippen LogP contribution in [0.4, 0.5) is 19.0 Å². The van der Waals surface area contributed by atoms with Crippen molar-refractivity contribution in [3.8, 4) is 0 Å². The highest BCUT2D eigenvalue weighted by molar-refractivity contribution is 7.98. The van der Waals surface area contributed by atoms with Crippen LogP contribution in [0.5, 0.6) is 0 Å². The van der Waals surface area contributed by atoms with Crippen molar-refractivity contribution >= 4 is 17.6 Å². The molecule has 0 spiro atoms. The summed E-state index contributed by atoms with van der Waals surface area (Å²) in [4.78, 5) is 3.71. The summed E-state index contributed by atoms with van der Waals surface area (Å²) in [5, 5.41) is 0.271. The van der Waals surface area contributed by atoms with Crippen LogP contribution >= 0.6 is 11.8 Å². The minimum atomic E-state index is -4.36. The van der Waals surface area contributed by atoms with Crippen LogP contribution in [0.25, 0.3) is 0 Å². The summed E-state index contributed by atoms with van der Waals surface area (Å²) in [7, 11) is 0. The molecule has 2 nitrogen and oxygen atoms in total.